The number of fused-ring (bicyclic) bond motifs is 1. The summed E-state index contributed by atoms with van der Waals surface area (Å²) >= 11 is 0. The number of nitrogens with one attached hydrogen (secondary N) is 1. The molecule has 1 aromatic rings. The van der Waals surface area contributed by atoms with Gasteiger partial charge in [-0.25, -0.2) is 0 Å². The highest BCUT2D eigenvalue weighted by Gasteiger charge is 2.20. The van der Waals surface area contributed by atoms with E-state index in [0.717, 1.165) is 12.5 Å². The molecular formula is C15H23N. The van der Waals surface area contributed by atoms with E-state index in [9.17, 15) is 0 Å². The van der Waals surface area contributed by atoms with Gasteiger partial charge >= 0.3 is 0 Å². The minimum Gasteiger partial charge on any atom is -0.385 e. The van der Waals surface area contributed by atoms with E-state index in [1.807, 2.05) is 0 Å². The van der Waals surface area contributed by atoms with E-state index in [4.69, 9.17) is 0 Å². The molecular weight excluding hydrogens is 194 g/mol. The minimum atomic E-state index is 0.258. The predicted octanol–water partition coefficient (Wildman–Crippen LogP) is 3.98. The van der Waals surface area contributed by atoms with Crippen LogP contribution < -0.4 is 5.32 Å². The van der Waals surface area contributed by atoms with Gasteiger partial charge in [0.1, 0.15) is 0 Å². The number of hydrogen-bond acceptors (Lipinski definition) is 1. The summed E-state index contributed by atoms with van der Waals surface area (Å²) in [4.78, 5) is 0. The second kappa shape index (κ2) is 4.12. The Kier molecular flexibility index (Phi) is 2.96. The van der Waals surface area contributed by atoms with Crippen LogP contribution in [0.15, 0.2) is 18.2 Å². The van der Waals surface area contributed by atoms with Gasteiger partial charge in [-0.15, -0.1) is 0 Å². The van der Waals surface area contributed by atoms with E-state index < -0.39 is 0 Å². The van der Waals surface area contributed by atoms with Gasteiger partial charge in [0.15, 0.2) is 0 Å². The Morgan fingerprint density at radius 3 is 2.69 bits per heavy atom. The molecule has 0 saturated carbocycles. The average Bonchev–Trinajstić information content (AvgIpc) is 2.26. The molecule has 1 atom stereocenters. The van der Waals surface area contributed by atoms with Gasteiger partial charge in [-0.05, 0) is 34.9 Å². The Morgan fingerprint density at radius 2 is 2.06 bits per heavy atom. The van der Waals surface area contributed by atoms with Crippen molar-refractivity contribution in [3.05, 3.63) is 29.3 Å². The summed E-state index contributed by atoms with van der Waals surface area (Å²) in [6.45, 7) is 10.3. The lowest BCUT2D eigenvalue weighted by atomic mass is 9.83. The van der Waals surface area contributed by atoms with E-state index >= 15 is 0 Å². The molecule has 1 heterocycles. The molecule has 1 heteroatoms. The van der Waals surface area contributed by atoms with Crippen molar-refractivity contribution in [1.29, 1.82) is 0 Å². The zero-order valence-electron chi connectivity index (χ0n) is 10.9. The number of anilines is 1. The summed E-state index contributed by atoms with van der Waals surface area (Å²) in [6, 6.07) is 6.91. The molecule has 1 aliphatic rings. The highest BCUT2D eigenvalue weighted by atomic mass is 14.9. The van der Waals surface area contributed by atoms with Crippen molar-refractivity contribution in [3.63, 3.8) is 0 Å². The Labute approximate surface area is 99.3 Å². The van der Waals surface area contributed by atoms with Gasteiger partial charge in [-0.1, -0.05) is 46.2 Å². The van der Waals surface area contributed by atoms with Gasteiger partial charge in [-0.2, -0.15) is 0 Å². The van der Waals surface area contributed by atoms with Crippen LogP contribution in [0.3, 0.4) is 0 Å². The molecule has 1 aromatic carbocycles. The van der Waals surface area contributed by atoms with E-state index in [1.54, 1.807) is 0 Å². The molecule has 0 bridgehead atoms. The molecule has 16 heavy (non-hydrogen) atoms. The first kappa shape index (κ1) is 11.5. The first-order chi connectivity index (χ1) is 7.50. The van der Waals surface area contributed by atoms with Crippen molar-refractivity contribution < 1.29 is 0 Å². The summed E-state index contributed by atoms with van der Waals surface area (Å²) in [6.07, 6.45) is 2.51. The topological polar surface area (TPSA) is 12.0 Å². The second-order valence-corrected chi connectivity index (χ2v) is 5.98. The van der Waals surface area contributed by atoms with Crippen LogP contribution in [-0.4, -0.2) is 6.54 Å². The zero-order chi connectivity index (χ0) is 11.8. The normalized spacial score (nSPS) is 20.1. The quantitative estimate of drug-likeness (QED) is 0.750. The van der Waals surface area contributed by atoms with Gasteiger partial charge in [-0.3, -0.25) is 0 Å². The van der Waals surface area contributed by atoms with Gasteiger partial charge in [0, 0.05) is 12.2 Å². The predicted molar refractivity (Wildman–Crippen MR) is 71.1 cm³/mol. The first-order valence-electron chi connectivity index (χ1n) is 6.38. The lowest BCUT2D eigenvalue weighted by Crippen LogP contribution is -2.23. The lowest BCUT2D eigenvalue weighted by molar-refractivity contribution is 0.518. The molecule has 0 aromatic heterocycles. The van der Waals surface area contributed by atoms with Crippen LogP contribution in [-0.2, 0) is 11.8 Å². The van der Waals surface area contributed by atoms with Crippen LogP contribution in [0.5, 0.6) is 0 Å². The van der Waals surface area contributed by atoms with Gasteiger partial charge < -0.3 is 5.32 Å². The summed E-state index contributed by atoms with van der Waals surface area (Å²) in [5.41, 5.74) is 4.56. The monoisotopic (exact) mass is 217 g/mol. The van der Waals surface area contributed by atoms with Crippen molar-refractivity contribution >= 4 is 5.69 Å². The van der Waals surface area contributed by atoms with Gasteiger partial charge in [0.2, 0.25) is 0 Å². The summed E-state index contributed by atoms with van der Waals surface area (Å²) in [5, 5.41) is 3.54. The van der Waals surface area contributed by atoms with Crippen LogP contribution in [0.1, 0.15) is 45.2 Å². The first-order valence-corrected chi connectivity index (χ1v) is 6.38. The maximum atomic E-state index is 3.54. The largest absolute Gasteiger partial charge is 0.385 e. The van der Waals surface area contributed by atoms with Crippen molar-refractivity contribution in [3.8, 4) is 0 Å². The standard InChI is InChI=1S/C15H23N/c1-5-11-8-12-9-13(15(2,3)4)6-7-14(12)16-10-11/h6-7,9,11,16H,5,8,10H2,1-4H3. The van der Waals surface area contributed by atoms with Gasteiger partial charge in [0.05, 0.1) is 0 Å². The molecule has 0 radical (unpaired) electrons. The average molecular weight is 217 g/mol. The maximum Gasteiger partial charge on any atom is 0.0373 e. The van der Waals surface area contributed by atoms with Crippen LogP contribution in [0.25, 0.3) is 0 Å². The van der Waals surface area contributed by atoms with E-state index in [0.29, 0.717) is 0 Å². The second-order valence-electron chi connectivity index (χ2n) is 5.98. The molecule has 0 saturated heterocycles. The molecule has 0 fully saturated rings. The molecule has 1 nitrogen and oxygen atoms in total. The van der Waals surface area contributed by atoms with Crippen LogP contribution in [0, 0.1) is 5.92 Å². The highest BCUT2D eigenvalue weighted by molar-refractivity contribution is 5.55. The van der Waals surface area contributed by atoms with Crippen molar-refractivity contribution in [2.24, 2.45) is 5.92 Å². The number of benzene rings is 1. The number of hydrogen-bond donors (Lipinski definition) is 1. The molecule has 1 N–H and O–H groups in total. The van der Waals surface area contributed by atoms with Crippen molar-refractivity contribution in [2.75, 3.05) is 11.9 Å². The Bertz CT molecular complexity index is 374. The zero-order valence-corrected chi connectivity index (χ0v) is 10.9. The van der Waals surface area contributed by atoms with Gasteiger partial charge in [0.25, 0.3) is 0 Å². The van der Waals surface area contributed by atoms with Crippen molar-refractivity contribution in [2.45, 2.75) is 46.0 Å². The lowest BCUT2D eigenvalue weighted by Gasteiger charge is -2.28. The molecule has 88 valence electrons. The fourth-order valence-corrected chi connectivity index (χ4v) is 2.33. The third-order valence-corrected chi connectivity index (χ3v) is 3.64. The molecule has 0 amide bonds. The Morgan fingerprint density at radius 1 is 1.31 bits per heavy atom. The Hall–Kier alpha value is -0.980. The maximum absolute atomic E-state index is 3.54. The van der Waals surface area contributed by atoms with Crippen molar-refractivity contribution in [1.82, 2.24) is 0 Å². The third kappa shape index (κ3) is 2.23. The SMILES string of the molecule is CCC1CNc2ccc(C(C)(C)C)cc2C1. The summed E-state index contributed by atoms with van der Waals surface area (Å²) < 4.78 is 0. The van der Waals surface area contributed by atoms with E-state index in [-0.39, 0.29) is 5.41 Å². The number of rotatable bonds is 1. The van der Waals surface area contributed by atoms with E-state index in [1.165, 1.54) is 29.7 Å². The summed E-state index contributed by atoms with van der Waals surface area (Å²) in [7, 11) is 0. The van der Waals surface area contributed by atoms with Crippen LogP contribution in [0.4, 0.5) is 5.69 Å². The van der Waals surface area contributed by atoms with Crippen LogP contribution in [0.2, 0.25) is 0 Å². The smallest absolute Gasteiger partial charge is 0.0373 e. The van der Waals surface area contributed by atoms with Crippen LogP contribution >= 0.6 is 0 Å². The fraction of sp³-hybridized carbons (Fsp3) is 0.600. The third-order valence-electron chi connectivity index (χ3n) is 3.64. The molecule has 0 spiro atoms. The summed E-state index contributed by atoms with van der Waals surface area (Å²) in [5.74, 6) is 0.808. The highest BCUT2D eigenvalue weighted by Crippen LogP contribution is 2.31. The molecule has 2 rings (SSSR count). The van der Waals surface area contributed by atoms with E-state index in [2.05, 4.69) is 51.2 Å². The molecule has 0 aliphatic carbocycles. The molecule has 1 unspecified atom stereocenters. The minimum absolute atomic E-state index is 0.258. The Balaban J connectivity index is 2.31. The molecule has 1 aliphatic heterocycles. The fourth-order valence-electron chi connectivity index (χ4n) is 2.33.